The van der Waals surface area contributed by atoms with Gasteiger partial charge in [-0.05, 0) is 22.3 Å². The van der Waals surface area contributed by atoms with Crippen LogP contribution >= 0.6 is 0 Å². The minimum Gasteiger partial charge on any atom is -0.246 e. The summed E-state index contributed by atoms with van der Waals surface area (Å²) in [5, 5.41) is 0. The van der Waals surface area contributed by atoms with Crippen molar-refractivity contribution in [3.8, 4) is 0 Å². The highest BCUT2D eigenvalue weighted by Crippen LogP contribution is 2.33. The number of alkyl halides is 4. The molecule has 0 bridgehead atoms. The summed E-state index contributed by atoms with van der Waals surface area (Å²) in [6.07, 6.45) is -6.71. The van der Waals surface area contributed by atoms with Crippen LogP contribution in [0, 0.1) is 93.1 Å². The molecule has 0 saturated carbocycles. The van der Waals surface area contributed by atoms with Crippen LogP contribution in [0.3, 0.4) is 0 Å². The smallest absolute Gasteiger partial charge is 0.197 e. The van der Waals surface area contributed by atoms with Gasteiger partial charge in [-0.15, -0.1) is 21.9 Å². The topological polar surface area (TPSA) is 0 Å². The quantitative estimate of drug-likeness (QED) is 0.0781. The summed E-state index contributed by atoms with van der Waals surface area (Å²) in [5.41, 5.74) is -22.6. The van der Waals surface area contributed by atoms with E-state index in [0.717, 1.165) is 0 Å². The van der Waals surface area contributed by atoms with Crippen molar-refractivity contribution < 1.29 is 87.8 Å². The van der Waals surface area contributed by atoms with E-state index in [4.69, 9.17) is 0 Å². The standard InChI is InChI=1S/C28H8BF20/c30-1-5-9(17(38)25(46)21(42)13(5)34)29(10-6(2-31)14(35)22(43)26(47)18(10)39,11-7(3-32)15(36)23(44)27(48)19(11)40)12-8(4-33)16(37)24(45)28(49)20(12)41/h1-4H2/q-1. The first kappa shape index (κ1) is 37.4. The molecular formula is C28H8BF20-. The first-order valence-electron chi connectivity index (χ1n) is 12.7. The molecule has 0 aliphatic rings. The third-order valence-electron chi connectivity index (χ3n) is 7.89. The fraction of sp³-hybridized carbons (Fsp3) is 0.143. The lowest BCUT2D eigenvalue weighted by molar-refractivity contribution is 0.387. The van der Waals surface area contributed by atoms with Crippen molar-refractivity contribution in [1.29, 1.82) is 0 Å². The van der Waals surface area contributed by atoms with Crippen molar-refractivity contribution in [2.24, 2.45) is 0 Å². The average Bonchev–Trinajstić information content (AvgIpc) is 3.09. The minimum atomic E-state index is -6.71. The van der Waals surface area contributed by atoms with Crippen molar-refractivity contribution >= 4 is 28.0 Å². The Labute approximate surface area is 258 Å². The Bertz CT molecular complexity index is 1750. The summed E-state index contributed by atoms with van der Waals surface area (Å²) in [6, 6.07) is 0. The van der Waals surface area contributed by atoms with Gasteiger partial charge in [0.15, 0.2) is 69.8 Å². The van der Waals surface area contributed by atoms with E-state index in [0.29, 0.717) is 0 Å². The second kappa shape index (κ2) is 13.1. The molecule has 0 spiro atoms. The van der Waals surface area contributed by atoms with Gasteiger partial charge in [0.05, 0.1) is 0 Å². The summed E-state index contributed by atoms with van der Waals surface area (Å²) in [4.78, 5) is 0. The first-order chi connectivity index (χ1) is 22.9. The number of rotatable bonds is 8. The molecule has 0 nitrogen and oxygen atoms in total. The van der Waals surface area contributed by atoms with Gasteiger partial charge in [0.1, 0.15) is 56.1 Å². The highest BCUT2D eigenvalue weighted by atomic mass is 19.2. The molecule has 0 aliphatic carbocycles. The van der Waals surface area contributed by atoms with E-state index < -0.39 is 170 Å². The van der Waals surface area contributed by atoms with Crippen molar-refractivity contribution in [2.45, 2.75) is 26.7 Å². The summed E-state index contributed by atoms with van der Waals surface area (Å²) in [7, 11) is 0. The minimum absolute atomic E-state index is 2.64. The SMILES string of the molecule is FCc1c(F)c(F)c(F)c(F)c1[B-](c1c(F)c(F)c(F)c(F)c1CF)(c1c(F)c(F)c(F)c(F)c1CF)c1c(F)c(F)c(F)c(F)c1CF. The Morgan fingerprint density at radius 2 is 0.367 bits per heavy atom. The zero-order chi connectivity index (χ0) is 37.2. The molecule has 0 aromatic heterocycles. The van der Waals surface area contributed by atoms with Gasteiger partial charge in [-0.25, -0.2) is 87.8 Å². The molecule has 0 atom stereocenters. The highest BCUT2D eigenvalue weighted by Gasteiger charge is 2.50. The molecule has 0 unspecified atom stereocenters. The van der Waals surface area contributed by atoms with Crippen LogP contribution in [0.4, 0.5) is 87.8 Å². The zero-order valence-corrected chi connectivity index (χ0v) is 23.0. The van der Waals surface area contributed by atoms with E-state index in [-0.39, 0.29) is 0 Å². The molecule has 0 saturated heterocycles. The van der Waals surface area contributed by atoms with E-state index in [1.807, 2.05) is 0 Å². The third kappa shape index (κ3) is 4.92. The van der Waals surface area contributed by atoms with Crippen molar-refractivity contribution in [3.63, 3.8) is 0 Å². The number of hydrogen-bond donors (Lipinski definition) is 0. The Kier molecular flexibility index (Phi) is 10.00. The Morgan fingerprint density at radius 3 is 0.510 bits per heavy atom. The molecule has 0 N–H and O–H groups in total. The highest BCUT2D eigenvalue weighted by molar-refractivity contribution is 7.20. The van der Waals surface area contributed by atoms with Crippen LogP contribution in [0.25, 0.3) is 0 Å². The van der Waals surface area contributed by atoms with Gasteiger partial charge in [0, 0.05) is 0 Å². The summed E-state index contributed by atoms with van der Waals surface area (Å²) >= 11 is 0. The maximum Gasteiger partial charge on any atom is 0.197 e. The molecule has 0 amide bonds. The van der Waals surface area contributed by atoms with Crippen LogP contribution in [0.15, 0.2) is 0 Å². The molecule has 0 radical (unpaired) electrons. The molecule has 21 heteroatoms. The number of hydrogen-bond acceptors (Lipinski definition) is 0. The maximum absolute atomic E-state index is 16.0. The molecule has 4 aromatic rings. The van der Waals surface area contributed by atoms with Crippen LogP contribution in [0.5, 0.6) is 0 Å². The maximum atomic E-state index is 16.0. The fourth-order valence-corrected chi connectivity index (χ4v) is 5.97. The van der Waals surface area contributed by atoms with E-state index >= 15 is 35.1 Å². The molecule has 0 fully saturated rings. The molecule has 0 heterocycles. The van der Waals surface area contributed by atoms with Gasteiger partial charge in [-0.2, -0.15) is 0 Å². The molecule has 264 valence electrons. The van der Waals surface area contributed by atoms with Gasteiger partial charge in [0.25, 0.3) is 0 Å². The first-order valence-corrected chi connectivity index (χ1v) is 12.7. The third-order valence-corrected chi connectivity index (χ3v) is 7.89. The number of halogens is 20. The summed E-state index contributed by atoms with van der Waals surface area (Å²) < 4.78 is 300. The Hall–Kier alpha value is -4.46. The largest absolute Gasteiger partial charge is 0.246 e. The van der Waals surface area contributed by atoms with Gasteiger partial charge >= 0.3 is 0 Å². The Morgan fingerprint density at radius 1 is 0.224 bits per heavy atom. The van der Waals surface area contributed by atoms with Crippen LogP contribution in [-0.2, 0) is 26.7 Å². The van der Waals surface area contributed by atoms with E-state index in [2.05, 4.69) is 0 Å². The summed E-state index contributed by atoms with van der Waals surface area (Å²) in [6.45, 7) is -11.7. The van der Waals surface area contributed by atoms with Crippen LogP contribution in [-0.4, -0.2) is 6.15 Å². The van der Waals surface area contributed by atoms with Crippen molar-refractivity contribution in [2.75, 3.05) is 0 Å². The fourth-order valence-electron chi connectivity index (χ4n) is 5.97. The second-order valence-electron chi connectivity index (χ2n) is 9.99. The lowest BCUT2D eigenvalue weighted by Gasteiger charge is -2.48. The molecule has 0 aliphatic heterocycles. The lowest BCUT2D eigenvalue weighted by atomic mass is 9.11. The second-order valence-corrected chi connectivity index (χ2v) is 9.99. The monoisotopic (exact) mass is 735 g/mol. The van der Waals surface area contributed by atoms with Gasteiger partial charge in [-0.3, -0.25) is 0 Å². The molecule has 49 heavy (non-hydrogen) atoms. The molecule has 4 aromatic carbocycles. The Balaban J connectivity index is 2.78. The van der Waals surface area contributed by atoms with E-state index in [9.17, 15) is 52.7 Å². The number of benzene rings is 4. The predicted octanol–water partition coefficient (Wildman–Crippen LogP) is 7.17. The van der Waals surface area contributed by atoms with E-state index in [1.54, 1.807) is 0 Å². The van der Waals surface area contributed by atoms with Crippen LogP contribution in [0.1, 0.15) is 22.3 Å². The van der Waals surface area contributed by atoms with Gasteiger partial charge < -0.3 is 0 Å². The molecular weight excluding hydrogens is 727 g/mol. The van der Waals surface area contributed by atoms with Crippen LogP contribution in [0.2, 0.25) is 0 Å². The van der Waals surface area contributed by atoms with Crippen LogP contribution < -0.4 is 21.9 Å². The lowest BCUT2D eigenvalue weighted by Crippen LogP contribution is -2.80. The normalized spacial score (nSPS) is 12.0. The van der Waals surface area contributed by atoms with Crippen molar-refractivity contribution in [3.05, 3.63) is 115 Å². The van der Waals surface area contributed by atoms with E-state index in [1.165, 1.54) is 0 Å². The summed E-state index contributed by atoms with van der Waals surface area (Å²) in [5.74, 6) is -52.0. The van der Waals surface area contributed by atoms with Gasteiger partial charge in [0.2, 0.25) is 0 Å². The average molecular weight is 735 g/mol. The molecule has 4 rings (SSSR count). The predicted molar refractivity (Wildman–Crippen MR) is 129 cm³/mol. The van der Waals surface area contributed by atoms with Gasteiger partial charge in [-0.1, -0.05) is 0 Å². The zero-order valence-electron chi connectivity index (χ0n) is 23.0. The van der Waals surface area contributed by atoms with Crippen molar-refractivity contribution in [1.82, 2.24) is 0 Å².